The summed E-state index contributed by atoms with van der Waals surface area (Å²) in [6.07, 6.45) is 3.54. The molecule has 5 nitrogen and oxygen atoms in total. The number of nitrogens with one attached hydrogen (secondary N) is 2. The summed E-state index contributed by atoms with van der Waals surface area (Å²) in [4.78, 5) is 12.0. The van der Waals surface area contributed by atoms with Crippen molar-refractivity contribution in [2.24, 2.45) is 17.8 Å². The van der Waals surface area contributed by atoms with E-state index in [1.165, 1.54) is 6.42 Å². The second kappa shape index (κ2) is 6.38. The average Bonchev–Trinajstić information content (AvgIpc) is 2.99. The minimum Gasteiger partial charge on any atom is -0.355 e. The minimum absolute atomic E-state index is 0.0351. The first-order valence-electron chi connectivity index (χ1n) is 7.86. The van der Waals surface area contributed by atoms with Crippen LogP contribution in [0.3, 0.4) is 0 Å². The third-order valence-electron chi connectivity index (χ3n) is 4.72. The summed E-state index contributed by atoms with van der Waals surface area (Å²) in [7, 11) is -3.36. The molecule has 0 unspecified atom stereocenters. The first kappa shape index (κ1) is 15.5. The van der Waals surface area contributed by atoms with Gasteiger partial charge in [0.2, 0.25) is 15.9 Å². The van der Waals surface area contributed by atoms with E-state index in [0.29, 0.717) is 11.8 Å². The molecule has 2 fully saturated rings. The number of amides is 1. The molecular formula is C16H22N2O3S. The third-order valence-corrected chi connectivity index (χ3v) is 6.04. The Labute approximate surface area is 131 Å². The maximum Gasteiger partial charge on any atom is 0.223 e. The first-order valence-corrected chi connectivity index (χ1v) is 9.51. The summed E-state index contributed by atoms with van der Waals surface area (Å²) in [6.45, 7) is 0.461. The predicted molar refractivity (Wildman–Crippen MR) is 84.4 cm³/mol. The zero-order valence-corrected chi connectivity index (χ0v) is 13.3. The van der Waals surface area contributed by atoms with Crippen molar-refractivity contribution in [1.29, 1.82) is 0 Å². The molecule has 0 aromatic heterocycles. The summed E-state index contributed by atoms with van der Waals surface area (Å²) in [5, 5.41) is 2.77. The van der Waals surface area contributed by atoms with Crippen molar-refractivity contribution >= 4 is 15.9 Å². The van der Waals surface area contributed by atoms with Crippen LogP contribution in [0.4, 0.5) is 0 Å². The molecule has 2 atom stereocenters. The zero-order valence-electron chi connectivity index (χ0n) is 12.5. The van der Waals surface area contributed by atoms with Crippen LogP contribution in [0.5, 0.6) is 0 Å². The molecule has 0 bridgehead atoms. The van der Waals surface area contributed by atoms with Gasteiger partial charge in [-0.15, -0.1) is 0 Å². The highest BCUT2D eigenvalue weighted by molar-refractivity contribution is 7.89. The standard InChI is InChI=1S/C16H22N2O3S/c19-16(15-13-7-4-8-14(13)15)17-9-10-22(20,21)18-11-12-5-2-1-3-6-12/h1-3,5-6,13-15,18H,4,7-11H2,(H,17,19)/t13-,14-/m1/s1. The van der Waals surface area contributed by atoms with Crippen LogP contribution in [0, 0.1) is 17.8 Å². The van der Waals surface area contributed by atoms with Crippen LogP contribution in [-0.4, -0.2) is 26.6 Å². The predicted octanol–water partition coefficient (Wildman–Crippen LogP) is 1.27. The van der Waals surface area contributed by atoms with E-state index in [1.54, 1.807) is 0 Å². The number of carbonyl (C=O) groups is 1. The lowest BCUT2D eigenvalue weighted by molar-refractivity contribution is -0.122. The van der Waals surface area contributed by atoms with Crippen LogP contribution < -0.4 is 10.0 Å². The van der Waals surface area contributed by atoms with Crippen molar-refractivity contribution in [3.63, 3.8) is 0 Å². The molecule has 120 valence electrons. The maximum atomic E-state index is 12.0. The fraction of sp³-hybridized carbons (Fsp3) is 0.562. The highest BCUT2D eigenvalue weighted by Crippen LogP contribution is 2.57. The van der Waals surface area contributed by atoms with Gasteiger partial charge in [-0.1, -0.05) is 36.8 Å². The number of benzene rings is 1. The van der Waals surface area contributed by atoms with Crippen molar-refractivity contribution < 1.29 is 13.2 Å². The van der Waals surface area contributed by atoms with Crippen LogP contribution in [0.25, 0.3) is 0 Å². The topological polar surface area (TPSA) is 75.3 Å². The van der Waals surface area contributed by atoms with Gasteiger partial charge in [-0.3, -0.25) is 4.79 Å². The SMILES string of the molecule is O=C(NCCS(=O)(=O)NCc1ccccc1)C1[C@@H]2CCC[C@@H]12. The Kier molecular flexibility index (Phi) is 4.49. The molecule has 2 aliphatic rings. The quantitative estimate of drug-likeness (QED) is 0.794. The molecule has 0 saturated heterocycles. The van der Waals surface area contributed by atoms with Gasteiger partial charge in [-0.25, -0.2) is 13.1 Å². The van der Waals surface area contributed by atoms with Crippen LogP contribution in [0.15, 0.2) is 30.3 Å². The molecule has 1 amide bonds. The number of carbonyl (C=O) groups excluding carboxylic acids is 1. The van der Waals surface area contributed by atoms with Gasteiger partial charge < -0.3 is 5.32 Å². The fourth-order valence-corrected chi connectivity index (χ4v) is 4.40. The molecule has 0 radical (unpaired) electrons. The minimum atomic E-state index is -3.36. The lowest BCUT2D eigenvalue weighted by Gasteiger charge is -2.09. The lowest BCUT2D eigenvalue weighted by Crippen LogP contribution is -2.35. The zero-order chi connectivity index (χ0) is 15.6. The molecule has 22 heavy (non-hydrogen) atoms. The summed E-state index contributed by atoms with van der Waals surface area (Å²) in [5.74, 6) is 1.23. The molecule has 2 saturated carbocycles. The van der Waals surface area contributed by atoms with Gasteiger partial charge in [-0.2, -0.15) is 0 Å². The highest BCUT2D eigenvalue weighted by Gasteiger charge is 2.56. The molecule has 0 heterocycles. The number of sulfonamides is 1. The number of hydrogen-bond acceptors (Lipinski definition) is 3. The Morgan fingerprint density at radius 1 is 1.14 bits per heavy atom. The van der Waals surface area contributed by atoms with Gasteiger partial charge in [0.1, 0.15) is 0 Å². The van der Waals surface area contributed by atoms with E-state index >= 15 is 0 Å². The Balaban J connectivity index is 1.38. The van der Waals surface area contributed by atoms with Gasteiger partial charge in [0.05, 0.1) is 5.75 Å². The second-order valence-corrected chi connectivity index (χ2v) is 8.13. The normalized spacial score (nSPS) is 26.5. The monoisotopic (exact) mass is 322 g/mol. The van der Waals surface area contributed by atoms with Gasteiger partial charge >= 0.3 is 0 Å². The van der Waals surface area contributed by atoms with Gasteiger partial charge in [0.25, 0.3) is 0 Å². The summed E-state index contributed by atoms with van der Waals surface area (Å²) < 4.78 is 26.4. The molecule has 6 heteroatoms. The van der Waals surface area contributed by atoms with E-state index in [-0.39, 0.29) is 30.7 Å². The van der Waals surface area contributed by atoms with Crippen molar-refractivity contribution in [3.05, 3.63) is 35.9 Å². The summed E-state index contributed by atoms with van der Waals surface area (Å²) in [6, 6.07) is 9.37. The maximum absolute atomic E-state index is 12.0. The molecule has 0 aliphatic heterocycles. The Morgan fingerprint density at radius 2 is 1.82 bits per heavy atom. The highest BCUT2D eigenvalue weighted by atomic mass is 32.2. The number of fused-ring (bicyclic) bond motifs is 1. The van der Waals surface area contributed by atoms with E-state index < -0.39 is 10.0 Å². The van der Waals surface area contributed by atoms with Crippen molar-refractivity contribution in [2.75, 3.05) is 12.3 Å². The Morgan fingerprint density at radius 3 is 2.50 bits per heavy atom. The smallest absolute Gasteiger partial charge is 0.223 e. The van der Waals surface area contributed by atoms with Crippen LogP contribution in [0.2, 0.25) is 0 Å². The number of hydrogen-bond donors (Lipinski definition) is 2. The van der Waals surface area contributed by atoms with Crippen molar-refractivity contribution in [2.45, 2.75) is 25.8 Å². The molecule has 1 aromatic carbocycles. The average molecular weight is 322 g/mol. The van der Waals surface area contributed by atoms with E-state index in [0.717, 1.165) is 18.4 Å². The molecule has 3 rings (SSSR count). The molecular weight excluding hydrogens is 300 g/mol. The van der Waals surface area contributed by atoms with Crippen molar-refractivity contribution in [1.82, 2.24) is 10.0 Å². The van der Waals surface area contributed by atoms with Gasteiger partial charge in [0.15, 0.2) is 0 Å². The Bertz CT molecular complexity index is 620. The van der Waals surface area contributed by atoms with Gasteiger partial charge in [0, 0.05) is 19.0 Å². The largest absolute Gasteiger partial charge is 0.355 e. The van der Waals surface area contributed by atoms with E-state index in [9.17, 15) is 13.2 Å². The molecule has 2 N–H and O–H groups in total. The van der Waals surface area contributed by atoms with Crippen molar-refractivity contribution in [3.8, 4) is 0 Å². The van der Waals surface area contributed by atoms with Gasteiger partial charge in [-0.05, 0) is 30.2 Å². The van der Waals surface area contributed by atoms with E-state index in [4.69, 9.17) is 0 Å². The molecule has 0 spiro atoms. The van der Waals surface area contributed by atoms with Crippen LogP contribution in [-0.2, 0) is 21.4 Å². The lowest BCUT2D eigenvalue weighted by atomic mass is 10.1. The first-order chi connectivity index (χ1) is 10.6. The molecule has 2 aliphatic carbocycles. The van der Waals surface area contributed by atoms with Crippen LogP contribution >= 0.6 is 0 Å². The third kappa shape index (κ3) is 3.67. The Hall–Kier alpha value is -1.40. The fourth-order valence-electron chi connectivity index (χ4n) is 3.50. The summed E-state index contributed by atoms with van der Waals surface area (Å²) in [5.41, 5.74) is 0.918. The number of rotatable bonds is 7. The summed E-state index contributed by atoms with van der Waals surface area (Å²) >= 11 is 0. The van der Waals surface area contributed by atoms with Crippen LogP contribution in [0.1, 0.15) is 24.8 Å². The molecule has 1 aromatic rings. The van der Waals surface area contributed by atoms with E-state index in [2.05, 4.69) is 10.0 Å². The van der Waals surface area contributed by atoms with E-state index in [1.807, 2.05) is 30.3 Å². The second-order valence-electron chi connectivity index (χ2n) is 6.20.